The van der Waals surface area contributed by atoms with Gasteiger partial charge in [0.05, 0.1) is 13.2 Å². The van der Waals surface area contributed by atoms with E-state index < -0.39 is 5.67 Å². The molecule has 0 aromatic rings. The van der Waals surface area contributed by atoms with Crippen molar-refractivity contribution >= 4 is 0 Å². The Morgan fingerprint density at radius 1 is 1.71 bits per heavy atom. The third-order valence-electron chi connectivity index (χ3n) is 1.36. The molecule has 1 nitrogen and oxygen atoms in total. The molecule has 0 radical (unpaired) electrons. The molecule has 42 valence electrons. The standard InChI is InChI=1S/C5H9FO/c1-2-5(6)3-7-4-5/h2-4H2,1H3. The number of hydrogen-bond donors (Lipinski definition) is 0. The maximum atomic E-state index is 12.5. The molecule has 1 rings (SSSR count). The maximum absolute atomic E-state index is 12.5. The summed E-state index contributed by atoms with van der Waals surface area (Å²) in [6, 6.07) is 0. The Balaban J connectivity index is 2.29. The summed E-state index contributed by atoms with van der Waals surface area (Å²) in [5.41, 5.74) is -0.958. The first-order valence-electron chi connectivity index (χ1n) is 2.53. The average molecular weight is 104 g/mol. The van der Waals surface area contributed by atoms with Gasteiger partial charge in [0.2, 0.25) is 0 Å². The Morgan fingerprint density at radius 2 is 2.29 bits per heavy atom. The van der Waals surface area contributed by atoms with Gasteiger partial charge < -0.3 is 4.74 Å². The highest BCUT2D eigenvalue weighted by Crippen LogP contribution is 2.24. The van der Waals surface area contributed by atoms with Crippen LogP contribution in [-0.2, 0) is 4.74 Å². The van der Waals surface area contributed by atoms with Gasteiger partial charge in [0.15, 0.2) is 5.67 Å². The summed E-state index contributed by atoms with van der Waals surface area (Å²) in [4.78, 5) is 0. The van der Waals surface area contributed by atoms with Crippen LogP contribution in [0.15, 0.2) is 0 Å². The first-order chi connectivity index (χ1) is 3.27. The van der Waals surface area contributed by atoms with Crippen molar-refractivity contribution < 1.29 is 9.13 Å². The van der Waals surface area contributed by atoms with E-state index in [4.69, 9.17) is 0 Å². The van der Waals surface area contributed by atoms with Gasteiger partial charge in [-0.3, -0.25) is 0 Å². The lowest BCUT2D eigenvalue weighted by molar-refractivity contribution is -0.130. The highest BCUT2D eigenvalue weighted by Gasteiger charge is 2.36. The van der Waals surface area contributed by atoms with Crippen LogP contribution in [0.4, 0.5) is 4.39 Å². The van der Waals surface area contributed by atoms with Crippen LogP contribution in [0, 0.1) is 0 Å². The summed E-state index contributed by atoms with van der Waals surface area (Å²) in [7, 11) is 0. The van der Waals surface area contributed by atoms with Crippen LogP contribution in [0.2, 0.25) is 0 Å². The van der Waals surface area contributed by atoms with E-state index in [9.17, 15) is 4.39 Å². The topological polar surface area (TPSA) is 9.23 Å². The molecule has 0 spiro atoms. The Kier molecular flexibility index (Phi) is 1.04. The van der Waals surface area contributed by atoms with Crippen LogP contribution < -0.4 is 0 Å². The minimum absolute atomic E-state index is 0.309. The van der Waals surface area contributed by atoms with Gasteiger partial charge in [-0.05, 0) is 6.42 Å². The molecule has 0 amide bonds. The number of ether oxygens (including phenoxy) is 1. The molecular formula is C5H9FO. The van der Waals surface area contributed by atoms with Gasteiger partial charge in [0.25, 0.3) is 0 Å². The molecule has 1 heterocycles. The van der Waals surface area contributed by atoms with Crippen molar-refractivity contribution in [3.63, 3.8) is 0 Å². The zero-order valence-electron chi connectivity index (χ0n) is 4.41. The minimum atomic E-state index is -0.958. The van der Waals surface area contributed by atoms with E-state index in [-0.39, 0.29) is 0 Å². The van der Waals surface area contributed by atoms with E-state index in [1.807, 2.05) is 6.92 Å². The molecule has 0 atom stereocenters. The van der Waals surface area contributed by atoms with E-state index in [1.54, 1.807) is 0 Å². The SMILES string of the molecule is CCC1(F)COC1. The number of alkyl halides is 1. The maximum Gasteiger partial charge on any atom is 0.157 e. The molecule has 0 saturated carbocycles. The number of hydrogen-bond acceptors (Lipinski definition) is 1. The van der Waals surface area contributed by atoms with Crippen molar-refractivity contribution in [1.29, 1.82) is 0 Å². The van der Waals surface area contributed by atoms with Crippen molar-refractivity contribution in [3.8, 4) is 0 Å². The van der Waals surface area contributed by atoms with Crippen molar-refractivity contribution in [3.05, 3.63) is 0 Å². The lowest BCUT2D eigenvalue weighted by Gasteiger charge is -2.32. The zero-order valence-corrected chi connectivity index (χ0v) is 4.41. The van der Waals surface area contributed by atoms with Crippen LogP contribution in [0.1, 0.15) is 13.3 Å². The van der Waals surface area contributed by atoms with Crippen molar-refractivity contribution in [2.75, 3.05) is 13.2 Å². The van der Waals surface area contributed by atoms with Crippen molar-refractivity contribution in [2.45, 2.75) is 19.0 Å². The molecule has 2 heteroatoms. The van der Waals surface area contributed by atoms with Crippen LogP contribution in [0.5, 0.6) is 0 Å². The van der Waals surface area contributed by atoms with Crippen LogP contribution in [0.3, 0.4) is 0 Å². The van der Waals surface area contributed by atoms with Gasteiger partial charge in [-0.25, -0.2) is 4.39 Å². The fourth-order valence-electron chi connectivity index (χ4n) is 0.528. The molecule has 1 saturated heterocycles. The average Bonchev–Trinajstić information content (AvgIpc) is 1.61. The quantitative estimate of drug-likeness (QED) is 0.484. The molecule has 1 aliphatic rings. The normalized spacial score (nSPS) is 26.6. The van der Waals surface area contributed by atoms with E-state index in [0.717, 1.165) is 0 Å². The van der Waals surface area contributed by atoms with Crippen LogP contribution in [0.25, 0.3) is 0 Å². The largest absolute Gasteiger partial charge is 0.375 e. The zero-order chi connectivity index (χ0) is 5.33. The molecular weight excluding hydrogens is 95.1 g/mol. The van der Waals surface area contributed by atoms with Gasteiger partial charge in [0.1, 0.15) is 0 Å². The smallest absolute Gasteiger partial charge is 0.157 e. The van der Waals surface area contributed by atoms with E-state index in [0.29, 0.717) is 19.6 Å². The molecule has 0 aliphatic carbocycles. The first-order valence-corrected chi connectivity index (χ1v) is 2.53. The summed E-state index contributed by atoms with van der Waals surface area (Å²) in [5, 5.41) is 0. The van der Waals surface area contributed by atoms with E-state index in [1.165, 1.54) is 0 Å². The summed E-state index contributed by atoms with van der Waals surface area (Å²) in [6.07, 6.45) is 0.590. The molecule has 0 N–H and O–H groups in total. The fourth-order valence-corrected chi connectivity index (χ4v) is 0.528. The predicted molar refractivity (Wildman–Crippen MR) is 24.9 cm³/mol. The third-order valence-corrected chi connectivity index (χ3v) is 1.36. The highest BCUT2D eigenvalue weighted by atomic mass is 19.1. The Bertz CT molecular complexity index is 63.0. The lowest BCUT2D eigenvalue weighted by Crippen LogP contribution is -2.44. The van der Waals surface area contributed by atoms with E-state index in [2.05, 4.69) is 4.74 Å². The first kappa shape index (κ1) is 5.04. The van der Waals surface area contributed by atoms with Crippen LogP contribution >= 0.6 is 0 Å². The molecule has 0 aromatic heterocycles. The van der Waals surface area contributed by atoms with Gasteiger partial charge in [0, 0.05) is 0 Å². The van der Waals surface area contributed by atoms with Gasteiger partial charge >= 0.3 is 0 Å². The third kappa shape index (κ3) is 0.752. The second kappa shape index (κ2) is 1.44. The van der Waals surface area contributed by atoms with Gasteiger partial charge in [-0.2, -0.15) is 0 Å². The molecule has 0 bridgehead atoms. The molecule has 0 unspecified atom stereocenters. The second-order valence-electron chi connectivity index (χ2n) is 2.00. The van der Waals surface area contributed by atoms with E-state index >= 15 is 0 Å². The number of rotatable bonds is 1. The Hall–Kier alpha value is -0.110. The van der Waals surface area contributed by atoms with Crippen LogP contribution in [-0.4, -0.2) is 18.9 Å². The summed E-state index contributed by atoms with van der Waals surface area (Å²) in [5.74, 6) is 0. The highest BCUT2D eigenvalue weighted by molar-refractivity contribution is 4.83. The molecule has 0 aromatic carbocycles. The Labute approximate surface area is 42.5 Å². The molecule has 7 heavy (non-hydrogen) atoms. The summed E-state index contributed by atoms with van der Waals surface area (Å²) in [6.45, 7) is 2.45. The number of halogens is 1. The predicted octanol–water partition coefficient (Wildman–Crippen LogP) is 1.13. The van der Waals surface area contributed by atoms with Gasteiger partial charge in [-0.1, -0.05) is 6.92 Å². The monoisotopic (exact) mass is 104 g/mol. The lowest BCUT2D eigenvalue weighted by atomic mass is 10.0. The molecule has 1 aliphatic heterocycles. The van der Waals surface area contributed by atoms with Crippen molar-refractivity contribution in [1.82, 2.24) is 0 Å². The minimum Gasteiger partial charge on any atom is -0.375 e. The second-order valence-corrected chi connectivity index (χ2v) is 2.00. The van der Waals surface area contributed by atoms with Crippen molar-refractivity contribution in [2.24, 2.45) is 0 Å². The fraction of sp³-hybridized carbons (Fsp3) is 1.00. The Morgan fingerprint density at radius 3 is 2.29 bits per heavy atom. The van der Waals surface area contributed by atoms with Gasteiger partial charge in [-0.15, -0.1) is 0 Å². The summed E-state index contributed by atoms with van der Waals surface area (Å²) >= 11 is 0. The summed E-state index contributed by atoms with van der Waals surface area (Å²) < 4.78 is 17.2. The molecule has 1 fully saturated rings.